The lowest BCUT2D eigenvalue weighted by Crippen LogP contribution is -2.35. The van der Waals surface area contributed by atoms with Crippen molar-refractivity contribution in [3.05, 3.63) is 71.9 Å². The molecule has 0 saturated carbocycles. The van der Waals surface area contributed by atoms with Crippen LogP contribution in [0.15, 0.2) is 60.8 Å². The van der Waals surface area contributed by atoms with E-state index < -0.39 is 0 Å². The lowest BCUT2D eigenvalue weighted by Gasteiger charge is -2.25. The predicted molar refractivity (Wildman–Crippen MR) is 106 cm³/mol. The fourth-order valence-electron chi connectivity index (χ4n) is 4.21. The second kappa shape index (κ2) is 7.36. The zero-order valence-electron chi connectivity index (χ0n) is 15.4. The fraction of sp³-hybridized carbons (Fsp3) is 0.348. The summed E-state index contributed by atoms with van der Waals surface area (Å²) in [7, 11) is 2.05. The van der Waals surface area contributed by atoms with Crippen LogP contribution in [0.3, 0.4) is 0 Å². The highest BCUT2D eigenvalue weighted by atomic mass is 16.2. The summed E-state index contributed by atoms with van der Waals surface area (Å²) in [5.41, 5.74) is 3.68. The average molecular weight is 346 g/mol. The molecule has 0 aliphatic carbocycles. The van der Waals surface area contributed by atoms with Gasteiger partial charge in [-0.15, -0.1) is 0 Å². The van der Waals surface area contributed by atoms with Crippen LogP contribution in [0.4, 0.5) is 0 Å². The van der Waals surface area contributed by atoms with E-state index in [9.17, 15) is 4.79 Å². The van der Waals surface area contributed by atoms with Crippen molar-refractivity contribution in [3.8, 4) is 0 Å². The smallest absolute Gasteiger partial charge is 0.227 e. The largest absolute Gasteiger partial charge is 0.350 e. The number of para-hydroxylation sites is 1. The Morgan fingerprint density at radius 1 is 1.04 bits per heavy atom. The molecule has 0 spiro atoms. The molecule has 1 amide bonds. The monoisotopic (exact) mass is 346 g/mol. The quantitative estimate of drug-likeness (QED) is 0.685. The Morgan fingerprint density at radius 2 is 1.81 bits per heavy atom. The van der Waals surface area contributed by atoms with E-state index in [1.54, 1.807) is 0 Å². The molecular weight excluding hydrogens is 320 g/mol. The summed E-state index contributed by atoms with van der Waals surface area (Å²) in [5.74, 6) is 0.708. The van der Waals surface area contributed by atoms with Crippen LogP contribution < -0.4 is 0 Å². The molecule has 1 aliphatic rings. The molecule has 2 aromatic carbocycles. The summed E-state index contributed by atoms with van der Waals surface area (Å²) < 4.78 is 2.12. The van der Waals surface area contributed by atoms with Crippen LogP contribution in [0.25, 0.3) is 10.9 Å². The van der Waals surface area contributed by atoms with Gasteiger partial charge in [0.1, 0.15) is 0 Å². The molecule has 134 valence electrons. The molecule has 3 heteroatoms. The van der Waals surface area contributed by atoms with E-state index >= 15 is 0 Å². The number of amides is 1. The maximum Gasteiger partial charge on any atom is 0.227 e. The lowest BCUT2D eigenvalue weighted by molar-refractivity contribution is -0.130. The van der Waals surface area contributed by atoms with Gasteiger partial charge in [0.05, 0.1) is 6.42 Å². The van der Waals surface area contributed by atoms with Crippen LogP contribution >= 0.6 is 0 Å². The zero-order chi connectivity index (χ0) is 17.9. The molecule has 4 rings (SSSR count). The number of rotatable bonds is 3. The Balaban J connectivity index is 1.53. The zero-order valence-corrected chi connectivity index (χ0v) is 15.4. The highest BCUT2D eigenvalue weighted by molar-refractivity contribution is 5.89. The number of hydrogen-bond donors (Lipinski definition) is 0. The van der Waals surface area contributed by atoms with Crippen LogP contribution in [0.2, 0.25) is 0 Å². The van der Waals surface area contributed by atoms with Crippen molar-refractivity contribution in [2.45, 2.75) is 31.6 Å². The third-order valence-electron chi connectivity index (χ3n) is 5.62. The molecule has 1 saturated heterocycles. The second-order valence-corrected chi connectivity index (χ2v) is 7.40. The molecule has 3 nitrogen and oxygen atoms in total. The van der Waals surface area contributed by atoms with Gasteiger partial charge >= 0.3 is 0 Å². The van der Waals surface area contributed by atoms with Gasteiger partial charge in [0, 0.05) is 43.2 Å². The van der Waals surface area contributed by atoms with Gasteiger partial charge < -0.3 is 9.47 Å². The van der Waals surface area contributed by atoms with Crippen LogP contribution in [0.1, 0.15) is 36.3 Å². The van der Waals surface area contributed by atoms with Crippen molar-refractivity contribution in [2.75, 3.05) is 13.1 Å². The van der Waals surface area contributed by atoms with Gasteiger partial charge in [0.15, 0.2) is 0 Å². The van der Waals surface area contributed by atoms with Crippen molar-refractivity contribution in [3.63, 3.8) is 0 Å². The molecule has 0 bridgehead atoms. The molecule has 3 aromatic rings. The summed E-state index contributed by atoms with van der Waals surface area (Å²) in [6.45, 7) is 1.72. The van der Waals surface area contributed by atoms with Gasteiger partial charge in [-0.25, -0.2) is 0 Å². The van der Waals surface area contributed by atoms with Gasteiger partial charge in [-0.05, 0) is 30.0 Å². The Bertz CT molecular complexity index is 897. The molecule has 0 N–H and O–H groups in total. The maximum atomic E-state index is 13.1. The predicted octanol–water partition coefficient (Wildman–Crippen LogP) is 4.52. The summed E-state index contributed by atoms with van der Waals surface area (Å²) in [5, 5.41) is 1.19. The number of likely N-dealkylation sites (tertiary alicyclic amines) is 1. The van der Waals surface area contributed by atoms with E-state index in [-0.39, 0.29) is 5.91 Å². The summed E-state index contributed by atoms with van der Waals surface area (Å²) in [6, 6.07) is 19.0. The highest BCUT2D eigenvalue weighted by Gasteiger charge is 2.23. The molecular formula is C23H26N2O. The van der Waals surface area contributed by atoms with Crippen LogP contribution in [-0.4, -0.2) is 28.5 Å². The lowest BCUT2D eigenvalue weighted by atomic mass is 9.94. The molecule has 1 aromatic heterocycles. The topological polar surface area (TPSA) is 25.2 Å². The van der Waals surface area contributed by atoms with Crippen molar-refractivity contribution >= 4 is 16.8 Å². The first-order chi connectivity index (χ1) is 12.7. The van der Waals surface area contributed by atoms with Crippen molar-refractivity contribution in [2.24, 2.45) is 7.05 Å². The maximum absolute atomic E-state index is 13.1. The summed E-state index contributed by atoms with van der Waals surface area (Å²) in [4.78, 5) is 15.2. The van der Waals surface area contributed by atoms with E-state index in [1.807, 2.05) is 19.2 Å². The number of hydrogen-bond acceptors (Lipinski definition) is 1. The number of carbonyl (C=O) groups is 1. The van der Waals surface area contributed by atoms with Crippen molar-refractivity contribution < 1.29 is 4.79 Å². The number of aryl methyl sites for hydroxylation is 1. The summed E-state index contributed by atoms with van der Waals surface area (Å²) >= 11 is 0. The first-order valence-electron chi connectivity index (χ1n) is 9.58. The van der Waals surface area contributed by atoms with E-state index in [1.165, 1.54) is 29.3 Å². The van der Waals surface area contributed by atoms with Crippen LogP contribution in [-0.2, 0) is 18.3 Å². The number of nitrogens with zero attached hydrogens (tertiary/aromatic N) is 2. The third kappa shape index (κ3) is 3.39. The minimum Gasteiger partial charge on any atom is -0.350 e. The molecule has 2 heterocycles. The number of carbonyl (C=O) groups excluding carboxylic acids is 1. The fourth-order valence-corrected chi connectivity index (χ4v) is 4.21. The first-order valence-corrected chi connectivity index (χ1v) is 9.58. The number of benzene rings is 2. The third-order valence-corrected chi connectivity index (χ3v) is 5.62. The minimum atomic E-state index is 0.254. The van der Waals surface area contributed by atoms with Crippen LogP contribution in [0.5, 0.6) is 0 Å². The van der Waals surface area contributed by atoms with E-state index in [0.717, 1.165) is 25.1 Å². The Morgan fingerprint density at radius 3 is 2.65 bits per heavy atom. The molecule has 1 unspecified atom stereocenters. The number of aromatic nitrogens is 1. The average Bonchev–Trinajstić information content (AvgIpc) is 2.86. The second-order valence-electron chi connectivity index (χ2n) is 7.40. The standard InChI is InChI=1S/C23H26N2O/c1-24-16-20(21-12-5-6-13-22(21)24)15-23(26)25-14-8-7-11-19(17-25)18-9-3-2-4-10-18/h2-6,9-10,12-13,16,19H,7-8,11,14-15,17H2,1H3. The molecule has 0 radical (unpaired) electrons. The molecule has 1 atom stereocenters. The minimum absolute atomic E-state index is 0.254. The Kier molecular flexibility index (Phi) is 4.79. The normalized spacial score (nSPS) is 18.0. The summed E-state index contributed by atoms with van der Waals surface area (Å²) in [6.07, 6.45) is 6.06. The van der Waals surface area contributed by atoms with Gasteiger partial charge in [-0.2, -0.15) is 0 Å². The van der Waals surface area contributed by atoms with E-state index in [2.05, 4.69) is 58.1 Å². The van der Waals surface area contributed by atoms with Gasteiger partial charge in [0.2, 0.25) is 5.91 Å². The first kappa shape index (κ1) is 16.9. The number of fused-ring (bicyclic) bond motifs is 1. The molecule has 26 heavy (non-hydrogen) atoms. The SMILES string of the molecule is Cn1cc(CC(=O)N2CCCCC(c3ccccc3)C2)c2ccccc21. The highest BCUT2D eigenvalue weighted by Crippen LogP contribution is 2.27. The van der Waals surface area contributed by atoms with Gasteiger partial charge in [-0.3, -0.25) is 4.79 Å². The Labute approximate surface area is 155 Å². The van der Waals surface area contributed by atoms with Gasteiger partial charge in [-0.1, -0.05) is 55.0 Å². The van der Waals surface area contributed by atoms with Gasteiger partial charge in [0.25, 0.3) is 0 Å². The van der Waals surface area contributed by atoms with E-state index in [4.69, 9.17) is 0 Å². The molecule has 1 fully saturated rings. The Hall–Kier alpha value is -2.55. The van der Waals surface area contributed by atoms with Crippen molar-refractivity contribution in [1.29, 1.82) is 0 Å². The van der Waals surface area contributed by atoms with E-state index in [0.29, 0.717) is 12.3 Å². The van der Waals surface area contributed by atoms with Crippen LogP contribution in [0, 0.1) is 0 Å². The van der Waals surface area contributed by atoms with Crippen molar-refractivity contribution in [1.82, 2.24) is 9.47 Å². The molecule has 1 aliphatic heterocycles.